The molecular formula is C20H16FNO3S2. The lowest BCUT2D eigenvalue weighted by Crippen LogP contribution is -2.15. The maximum Gasteiger partial charge on any atom is 0.339 e. The number of carbonyl (C=O) groups excluding carboxylic acids is 2. The van der Waals surface area contributed by atoms with Gasteiger partial charge in [-0.2, -0.15) is 0 Å². The van der Waals surface area contributed by atoms with E-state index in [2.05, 4.69) is 4.98 Å². The molecule has 0 aliphatic carbocycles. The molecule has 0 aliphatic heterocycles. The van der Waals surface area contributed by atoms with Crippen molar-refractivity contribution in [3.63, 3.8) is 0 Å². The molecule has 2 aromatic carbocycles. The number of ether oxygens (including phenoxy) is 1. The Bertz CT molecular complexity index is 954. The fourth-order valence-corrected chi connectivity index (χ4v) is 3.97. The number of ketones is 1. The fraction of sp³-hybridized carbons (Fsp3) is 0.150. The van der Waals surface area contributed by atoms with Crippen molar-refractivity contribution in [2.75, 3.05) is 6.61 Å². The first kappa shape index (κ1) is 19.3. The summed E-state index contributed by atoms with van der Waals surface area (Å²) in [4.78, 5) is 29.7. The molecule has 0 amide bonds. The monoisotopic (exact) mass is 401 g/mol. The van der Waals surface area contributed by atoms with Crippen molar-refractivity contribution in [3.05, 3.63) is 81.6 Å². The summed E-state index contributed by atoms with van der Waals surface area (Å²) in [6.45, 7) is 1.55. The molecule has 0 fully saturated rings. The molecule has 0 saturated heterocycles. The molecule has 0 saturated carbocycles. The number of nitrogens with zero attached hydrogens (tertiary/aromatic N) is 1. The number of aryl methyl sites for hydroxylation is 1. The smallest absolute Gasteiger partial charge is 0.339 e. The summed E-state index contributed by atoms with van der Waals surface area (Å²) in [5.74, 6) is -0.734. The molecule has 0 spiro atoms. The fourth-order valence-electron chi connectivity index (χ4n) is 2.32. The van der Waals surface area contributed by atoms with Gasteiger partial charge in [0.15, 0.2) is 12.4 Å². The highest BCUT2D eigenvalue weighted by atomic mass is 32.2. The van der Waals surface area contributed by atoms with Crippen molar-refractivity contribution in [1.29, 1.82) is 0 Å². The summed E-state index contributed by atoms with van der Waals surface area (Å²) in [7, 11) is 0. The summed E-state index contributed by atoms with van der Waals surface area (Å²) < 4.78 is 18.1. The predicted octanol–water partition coefficient (Wildman–Crippen LogP) is 4.92. The molecule has 0 bridgehead atoms. The zero-order valence-corrected chi connectivity index (χ0v) is 16.1. The van der Waals surface area contributed by atoms with Crippen molar-refractivity contribution in [3.8, 4) is 0 Å². The summed E-state index contributed by atoms with van der Waals surface area (Å²) in [6.07, 6.45) is 0. The maximum atomic E-state index is 12.9. The topological polar surface area (TPSA) is 56.3 Å². The number of carbonyl (C=O) groups is 2. The molecule has 3 rings (SSSR count). The van der Waals surface area contributed by atoms with Gasteiger partial charge in [0.05, 0.1) is 16.3 Å². The second-order valence-electron chi connectivity index (χ2n) is 5.65. The number of benzene rings is 2. The Morgan fingerprint density at radius 1 is 1.15 bits per heavy atom. The zero-order valence-electron chi connectivity index (χ0n) is 14.5. The van der Waals surface area contributed by atoms with E-state index >= 15 is 0 Å². The van der Waals surface area contributed by atoms with Crippen LogP contribution >= 0.6 is 23.1 Å². The third kappa shape index (κ3) is 5.24. The summed E-state index contributed by atoms with van der Waals surface area (Å²) >= 11 is 3.07. The van der Waals surface area contributed by atoms with E-state index < -0.39 is 18.4 Å². The summed E-state index contributed by atoms with van der Waals surface area (Å²) in [5.41, 5.74) is 1.66. The van der Waals surface area contributed by atoms with Gasteiger partial charge >= 0.3 is 5.97 Å². The average Bonchev–Trinajstić information content (AvgIpc) is 3.10. The first-order chi connectivity index (χ1) is 13.0. The van der Waals surface area contributed by atoms with E-state index in [0.29, 0.717) is 16.9 Å². The Labute approximate surface area is 164 Å². The van der Waals surface area contributed by atoms with Crippen LogP contribution in [0.15, 0.2) is 58.8 Å². The minimum atomic E-state index is -0.567. The van der Waals surface area contributed by atoms with E-state index in [1.54, 1.807) is 23.5 Å². The summed E-state index contributed by atoms with van der Waals surface area (Å²) in [6, 6.07) is 12.2. The average molecular weight is 401 g/mol. The Morgan fingerprint density at radius 3 is 2.59 bits per heavy atom. The first-order valence-electron chi connectivity index (χ1n) is 8.11. The van der Waals surface area contributed by atoms with E-state index in [9.17, 15) is 14.0 Å². The molecule has 4 nitrogen and oxygen atoms in total. The van der Waals surface area contributed by atoms with Gasteiger partial charge in [-0.25, -0.2) is 14.2 Å². The van der Waals surface area contributed by atoms with E-state index in [4.69, 9.17) is 4.74 Å². The van der Waals surface area contributed by atoms with Crippen LogP contribution in [-0.2, 0) is 10.5 Å². The van der Waals surface area contributed by atoms with Gasteiger partial charge in [-0.1, -0.05) is 12.1 Å². The SMILES string of the molecule is Cc1nc(CSc2ccccc2C(=O)OCC(=O)c2ccc(F)cc2)cs1. The lowest BCUT2D eigenvalue weighted by molar-refractivity contribution is 0.0471. The van der Waals surface area contributed by atoms with Gasteiger partial charge in [-0.05, 0) is 43.3 Å². The first-order valence-corrected chi connectivity index (χ1v) is 9.98. The van der Waals surface area contributed by atoms with Crippen molar-refractivity contribution >= 4 is 34.9 Å². The third-order valence-corrected chi connectivity index (χ3v) is 5.58. The molecule has 0 unspecified atom stereocenters. The lowest BCUT2D eigenvalue weighted by atomic mass is 10.1. The van der Waals surface area contributed by atoms with E-state index in [1.165, 1.54) is 36.0 Å². The number of esters is 1. The Balaban J connectivity index is 1.62. The third-order valence-electron chi connectivity index (χ3n) is 3.65. The molecular weight excluding hydrogens is 385 g/mol. The van der Waals surface area contributed by atoms with Gasteiger partial charge in [0.1, 0.15) is 5.82 Å². The molecule has 0 atom stereocenters. The largest absolute Gasteiger partial charge is 0.454 e. The van der Waals surface area contributed by atoms with E-state index in [0.717, 1.165) is 15.6 Å². The molecule has 27 heavy (non-hydrogen) atoms. The van der Waals surface area contributed by atoms with Gasteiger partial charge in [0.25, 0.3) is 0 Å². The highest BCUT2D eigenvalue weighted by molar-refractivity contribution is 7.98. The van der Waals surface area contributed by atoms with Gasteiger partial charge < -0.3 is 4.74 Å². The summed E-state index contributed by atoms with van der Waals surface area (Å²) in [5, 5.41) is 2.99. The van der Waals surface area contributed by atoms with E-state index in [1.807, 2.05) is 24.4 Å². The van der Waals surface area contributed by atoms with Crippen LogP contribution in [0.3, 0.4) is 0 Å². The van der Waals surface area contributed by atoms with Gasteiger partial charge in [0.2, 0.25) is 0 Å². The Hall–Kier alpha value is -2.51. The van der Waals surface area contributed by atoms with Crippen LogP contribution in [0.2, 0.25) is 0 Å². The van der Waals surface area contributed by atoms with Crippen molar-refractivity contribution < 1.29 is 18.7 Å². The molecule has 0 aliphatic rings. The number of thioether (sulfide) groups is 1. The highest BCUT2D eigenvalue weighted by Crippen LogP contribution is 2.27. The van der Waals surface area contributed by atoms with Crippen molar-refractivity contribution in [1.82, 2.24) is 4.98 Å². The van der Waals surface area contributed by atoms with Gasteiger partial charge in [-0.15, -0.1) is 23.1 Å². The molecule has 7 heteroatoms. The molecule has 1 aromatic heterocycles. The molecule has 138 valence electrons. The van der Waals surface area contributed by atoms with Crippen LogP contribution < -0.4 is 0 Å². The maximum absolute atomic E-state index is 12.9. The number of thiazole rings is 1. The quantitative estimate of drug-likeness (QED) is 0.319. The van der Waals surface area contributed by atoms with Crippen LogP contribution in [0.4, 0.5) is 4.39 Å². The van der Waals surface area contributed by atoms with Crippen LogP contribution in [0.25, 0.3) is 0 Å². The normalized spacial score (nSPS) is 10.6. The van der Waals surface area contributed by atoms with Gasteiger partial charge in [0, 0.05) is 21.6 Å². The van der Waals surface area contributed by atoms with Crippen molar-refractivity contribution in [2.24, 2.45) is 0 Å². The second kappa shape index (κ2) is 8.92. The number of aromatic nitrogens is 1. The van der Waals surface area contributed by atoms with Crippen molar-refractivity contribution in [2.45, 2.75) is 17.6 Å². The number of hydrogen-bond acceptors (Lipinski definition) is 6. The van der Waals surface area contributed by atoms with Crippen LogP contribution in [0.5, 0.6) is 0 Å². The number of rotatable bonds is 7. The molecule has 0 N–H and O–H groups in total. The van der Waals surface area contributed by atoms with E-state index in [-0.39, 0.29) is 5.78 Å². The lowest BCUT2D eigenvalue weighted by Gasteiger charge is -2.09. The minimum Gasteiger partial charge on any atom is -0.454 e. The zero-order chi connectivity index (χ0) is 19.2. The standard InChI is InChI=1S/C20H16FNO3S2/c1-13-22-16(11-26-13)12-27-19-5-3-2-4-17(19)20(24)25-10-18(23)14-6-8-15(21)9-7-14/h2-9,11H,10,12H2,1H3. The van der Waals surface area contributed by atoms with Gasteiger partial charge in [-0.3, -0.25) is 4.79 Å². The van der Waals surface area contributed by atoms with Crippen LogP contribution in [-0.4, -0.2) is 23.3 Å². The predicted molar refractivity (Wildman–Crippen MR) is 104 cm³/mol. The Morgan fingerprint density at radius 2 is 1.89 bits per heavy atom. The van der Waals surface area contributed by atoms with Crippen LogP contribution in [0, 0.1) is 12.7 Å². The number of hydrogen-bond donors (Lipinski definition) is 0. The Kier molecular flexibility index (Phi) is 6.36. The number of halogens is 1. The molecule has 1 heterocycles. The second-order valence-corrected chi connectivity index (χ2v) is 7.73. The minimum absolute atomic E-state index is 0.297. The highest BCUT2D eigenvalue weighted by Gasteiger charge is 2.16. The number of Topliss-reactive ketones (excluding diaryl/α,β-unsaturated/α-hetero) is 1. The molecule has 0 radical (unpaired) electrons. The van der Waals surface area contributed by atoms with Crippen LogP contribution in [0.1, 0.15) is 31.4 Å². The molecule has 3 aromatic rings.